The average Bonchev–Trinajstić information content (AvgIpc) is 2.15. The Kier molecular flexibility index (Phi) is 5.12. The minimum absolute atomic E-state index is 0.572. The smallest absolute Gasteiger partial charge is 0.133 e. The molecular weight excluding hydrogens is 176 g/mol. The summed E-state index contributed by atoms with van der Waals surface area (Å²) in [6, 6.07) is 0. The van der Waals surface area contributed by atoms with Crippen LogP contribution >= 0.6 is 0 Å². The first-order valence-corrected chi connectivity index (χ1v) is 5.53. The summed E-state index contributed by atoms with van der Waals surface area (Å²) in [5.41, 5.74) is 0. The van der Waals surface area contributed by atoms with Crippen molar-refractivity contribution < 1.29 is 4.79 Å². The summed E-state index contributed by atoms with van der Waals surface area (Å²) in [5, 5.41) is 0. The molecule has 1 atom stereocenters. The zero-order valence-corrected chi connectivity index (χ0v) is 9.41. The Labute approximate surface area is 87.1 Å². The van der Waals surface area contributed by atoms with E-state index in [9.17, 15) is 4.79 Å². The molecule has 0 bridgehead atoms. The first-order valence-electron chi connectivity index (χ1n) is 5.53. The van der Waals surface area contributed by atoms with Crippen molar-refractivity contribution in [2.75, 3.05) is 40.3 Å². The molecule has 3 nitrogen and oxygen atoms in total. The van der Waals surface area contributed by atoms with Crippen LogP contribution in [0.15, 0.2) is 0 Å². The number of carbonyl (C=O) groups is 1. The Morgan fingerprint density at radius 1 is 1.57 bits per heavy atom. The van der Waals surface area contributed by atoms with Crippen molar-refractivity contribution in [1.82, 2.24) is 9.80 Å². The van der Waals surface area contributed by atoms with Gasteiger partial charge in [0, 0.05) is 6.54 Å². The molecule has 1 fully saturated rings. The molecule has 0 saturated carbocycles. The summed E-state index contributed by atoms with van der Waals surface area (Å²) < 4.78 is 0. The molecule has 0 radical (unpaired) electrons. The van der Waals surface area contributed by atoms with Crippen LogP contribution in [0.4, 0.5) is 0 Å². The van der Waals surface area contributed by atoms with Gasteiger partial charge in [-0.25, -0.2) is 0 Å². The lowest BCUT2D eigenvalue weighted by Crippen LogP contribution is -2.34. The number of piperidine rings is 1. The van der Waals surface area contributed by atoms with Gasteiger partial charge < -0.3 is 9.69 Å². The van der Waals surface area contributed by atoms with E-state index in [1.54, 1.807) is 0 Å². The van der Waals surface area contributed by atoms with Crippen LogP contribution in [0.1, 0.15) is 19.3 Å². The van der Waals surface area contributed by atoms with Gasteiger partial charge in [0.1, 0.15) is 6.29 Å². The highest BCUT2D eigenvalue weighted by molar-refractivity contribution is 5.51. The number of nitrogens with zero attached hydrogens (tertiary/aromatic N) is 2. The largest absolute Gasteiger partial charge is 0.306 e. The van der Waals surface area contributed by atoms with Crippen molar-refractivity contribution in [2.24, 2.45) is 5.92 Å². The number of aldehydes is 1. The number of hydrogen-bond donors (Lipinski definition) is 0. The van der Waals surface area contributed by atoms with Crippen LogP contribution < -0.4 is 0 Å². The van der Waals surface area contributed by atoms with Gasteiger partial charge in [0.15, 0.2) is 0 Å². The minimum atomic E-state index is 0.572. The van der Waals surface area contributed by atoms with Crippen LogP contribution in [0.3, 0.4) is 0 Å². The number of rotatable bonds is 5. The van der Waals surface area contributed by atoms with Crippen LogP contribution in [0, 0.1) is 5.92 Å². The highest BCUT2D eigenvalue weighted by Crippen LogP contribution is 2.18. The van der Waals surface area contributed by atoms with Gasteiger partial charge in [-0.2, -0.15) is 0 Å². The van der Waals surface area contributed by atoms with Crippen molar-refractivity contribution >= 4 is 6.29 Å². The second-order valence-corrected chi connectivity index (χ2v) is 4.49. The molecule has 1 saturated heterocycles. The molecule has 0 aromatic heterocycles. The Morgan fingerprint density at radius 2 is 2.36 bits per heavy atom. The van der Waals surface area contributed by atoms with E-state index >= 15 is 0 Å². The zero-order chi connectivity index (χ0) is 10.4. The fourth-order valence-electron chi connectivity index (χ4n) is 2.13. The van der Waals surface area contributed by atoms with Crippen molar-refractivity contribution in [3.8, 4) is 0 Å². The van der Waals surface area contributed by atoms with E-state index in [-0.39, 0.29) is 0 Å². The summed E-state index contributed by atoms with van der Waals surface area (Å²) in [5.74, 6) is 0.836. The summed E-state index contributed by atoms with van der Waals surface area (Å²) >= 11 is 0. The highest BCUT2D eigenvalue weighted by Gasteiger charge is 2.16. The second-order valence-electron chi connectivity index (χ2n) is 4.49. The van der Waals surface area contributed by atoms with Gasteiger partial charge in [-0.05, 0) is 52.4 Å². The fourth-order valence-corrected chi connectivity index (χ4v) is 2.13. The summed E-state index contributed by atoms with van der Waals surface area (Å²) in [4.78, 5) is 14.8. The quantitative estimate of drug-likeness (QED) is 0.612. The lowest BCUT2D eigenvalue weighted by atomic mass is 9.95. The lowest BCUT2D eigenvalue weighted by molar-refractivity contribution is -0.108. The lowest BCUT2D eigenvalue weighted by Gasteiger charge is -2.30. The van der Waals surface area contributed by atoms with E-state index in [4.69, 9.17) is 0 Å². The minimum Gasteiger partial charge on any atom is -0.306 e. The highest BCUT2D eigenvalue weighted by atomic mass is 16.1. The zero-order valence-electron chi connectivity index (χ0n) is 9.41. The number of likely N-dealkylation sites (tertiary alicyclic amines) is 1. The monoisotopic (exact) mass is 198 g/mol. The maximum atomic E-state index is 10.3. The molecule has 1 aliphatic heterocycles. The first-order chi connectivity index (χ1) is 6.72. The van der Waals surface area contributed by atoms with Gasteiger partial charge >= 0.3 is 0 Å². The molecular formula is C11H22N2O. The van der Waals surface area contributed by atoms with Gasteiger partial charge in [0.2, 0.25) is 0 Å². The predicted molar refractivity (Wildman–Crippen MR) is 58.4 cm³/mol. The number of carbonyl (C=O) groups excluding carboxylic acids is 1. The van der Waals surface area contributed by atoms with Gasteiger partial charge in [0.05, 0.1) is 6.54 Å². The van der Waals surface area contributed by atoms with Gasteiger partial charge in [-0.1, -0.05) is 0 Å². The normalized spacial score (nSPS) is 24.1. The maximum absolute atomic E-state index is 10.3. The SMILES string of the molecule is CN(CC=O)CCC1CCCN(C)C1. The Morgan fingerprint density at radius 3 is 3.00 bits per heavy atom. The fraction of sp³-hybridized carbons (Fsp3) is 0.909. The molecule has 0 spiro atoms. The molecule has 14 heavy (non-hydrogen) atoms. The van der Waals surface area contributed by atoms with E-state index in [0.717, 1.165) is 18.7 Å². The molecule has 1 unspecified atom stereocenters. The number of likely N-dealkylation sites (N-methyl/N-ethyl adjacent to an activating group) is 1. The third kappa shape index (κ3) is 4.20. The third-order valence-corrected chi connectivity index (χ3v) is 3.03. The number of hydrogen-bond acceptors (Lipinski definition) is 3. The molecule has 1 heterocycles. The van der Waals surface area contributed by atoms with Crippen LogP contribution in [0.25, 0.3) is 0 Å². The first kappa shape index (κ1) is 11.7. The van der Waals surface area contributed by atoms with E-state index in [1.165, 1.54) is 32.4 Å². The Hall–Kier alpha value is -0.410. The van der Waals surface area contributed by atoms with Crippen LogP contribution in [-0.2, 0) is 4.79 Å². The molecule has 82 valence electrons. The molecule has 0 N–H and O–H groups in total. The summed E-state index contributed by atoms with van der Waals surface area (Å²) in [7, 11) is 4.21. The standard InChI is InChI=1S/C11H22N2O/c1-12(8-9-14)7-5-11-4-3-6-13(2)10-11/h9,11H,3-8,10H2,1-2H3. The topological polar surface area (TPSA) is 23.6 Å². The van der Waals surface area contributed by atoms with E-state index in [2.05, 4.69) is 16.8 Å². The van der Waals surface area contributed by atoms with Crippen molar-refractivity contribution in [3.05, 3.63) is 0 Å². The van der Waals surface area contributed by atoms with Gasteiger partial charge in [-0.3, -0.25) is 4.90 Å². The molecule has 0 aliphatic carbocycles. The molecule has 0 amide bonds. The third-order valence-electron chi connectivity index (χ3n) is 3.03. The molecule has 1 rings (SSSR count). The van der Waals surface area contributed by atoms with Crippen LogP contribution in [0.5, 0.6) is 0 Å². The van der Waals surface area contributed by atoms with E-state index in [1.807, 2.05) is 7.05 Å². The van der Waals surface area contributed by atoms with Crippen molar-refractivity contribution in [2.45, 2.75) is 19.3 Å². The summed E-state index contributed by atoms with van der Waals surface area (Å²) in [6.45, 7) is 4.11. The molecule has 0 aromatic rings. The van der Waals surface area contributed by atoms with E-state index in [0.29, 0.717) is 6.54 Å². The van der Waals surface area contributed by atoms with Gasteiger partial charge in [-0.15, -0.1) is 0 Å². The predicted octanol–water partition coefficient (Wildman–Crippen LogP) is 0.849. The van der Waals surface area contributed by atoms with Crippen LogP contribution in [-0.4, -0.2) is 56.4 Å². The molecule has 0 aromatic carbocycles. The second kappa shape index (κ2) is 6.14. The Balaban J connectivity index is 2.13. The maximum Gasteiger partial charge on any atom is 0.133 e. The van der Waals surface area contributed by atoms with Crippen molar-refractivity contribution in [1.29, 1.82) is 0 Å². The van der Waals surface area contributed by atoms with Crippen LogP contribution in [0.2, 0.25) is 0 Å². The molecule has 3 heteroatoms. The molecule has 1 aliphatic rings. The summed E-state index contributed by atoms with van der Waals surface area (Å²) in [6.07, 6.45) is 4.90. The average molecular weight is 198 g/mol. The Bertz CT molecular complexity index is 173. The van der Waals surface area contributed by atoms with E-state index < -0.39 is 0 Å². The van der Waals surface area contributed by atoms with Gasteiger partial charge in [0.25, 0.3) is 0 Å². The van der Waals surface area contributed by atoms with Crippen molar-refractivity contribution in [3.63, 3.8) is 0 Å².